The Morgan fingerprint density at radius 1 is 1.06 bits per heavy atom. The third-order valence-corrected chi connectivity index (χ3v) is 10.0. The number of nitrogens with one attached hydrogen (secondary N) is 2. The maximum atomic E-state index is 15.2. The number of alkyl halides is 5. The summed E-state index contributed by atoms with van der Waals surface area (Å²) in [6.07, 6.45) is -4.65. The lowest BCUT2D eigenvalue weighted by molar-refractivity contribution is -0.142. The highest BCUT2D eigenvalue weighted by molar-refractivity contribution is 7.92. The topological polar surface area (TPSA) is 124 Å². The molecule has 2 aliphatic rings. The largest absolute Gasteiger partial charge is 0.435 e. The summed E-state index contributed by atoms with van der Waals surface area (Å²) in [5.41, 5.74) is -2.24. The van der Waals surface area contributed by atoms with Crippen molar-refractivity contribution in [2.24, 2.45) is 13.0 Å². The van der Waals surface area contributed by atoms with Crippen molar-refractivity contribution in [1.29, 1.82) is 0 Å². The fourth-order valence-electron chi connectivity index (χ4n) is 6.94. The smallest absolute Gasteiger partial charge is 0.346 e. The van der Waals surface area contributed by atoms with E-state index in [1.54, 1.807) is 6.07 Å². The molecule has 0 spiro atoms. The van der Waals surface area contributed by atoms with Crippen LogP contribution in [0.5, 0.6) is 0 Å². The number of hydrogen-bond donors (Lipinski definition) is 2. The average molecular weight is 791 g/mol. The molecule has 2 aliphatic carbocycles. The van der Waals surface area contributed by atoms with E-state index in [2.05, 4.69) is 25.2 Å². The highest BCUT2D eigenvalue weighted by Crippen LogP contribution is 2.68. The molecule has 20 heteroatoms. The Bertz CT molecular complexity index is 2400. The number of aryl methyl sites for hydroxylation is 1. The molecule has 2 aromatic carbocycles. The molecule has 2 N–H and O–H groups in total. The number of halogens is 9. The lowest BCUT2D eigenvalue weighted by atomic mass is 9.94. The minimum absolute atomic E-state index is 0.0128. The molecule has 0 bridgehead atoms. The molecule has 10 nitrogen and oxygen atoms in total. The van der Waals surface area contributed by atoms with E-state index in [1.165, 1.54) is 29.9 Å². The van der Waals surface area contributed by atoms with Gasteiger partial charge in [0.25, 0.3) is 5.92 Å². The van der Waals surface area contributed by atoms with Crippen LogP contribution in [0.25, 0.3) is 22.0 Å². The number of carbonyl (C=O) groups excluding carboxylic acids is 1. The minimum atomic E-state index is -5.06. The lowest BCUT2D eigenvalue weighted by Crippen LogP contribution is -2.35. The predicted octanol–water partition coefficient (Wildman–Crippen LogP) is 7.12. The zero-order valence-electron chi connectivity index (χ0n) is 26.7. The van der Waals surface area contributed by atoms with Gasteiger partial charge in [0.2, 0.25) is 15.9 Å². The fourth-order valence-corrected chi connectivity index (χ4v) is 7.83. The number of anilines is 1. The van der Waals surface area contributed by atoms with Crippen molar-refractivity contribution < 1.29 is 43.9 Å². The first kappa shape index (κ1) is 36.0. The van der Waals surface area contributed by atoms with E-state index in [0.717, 1.165) is 18.4 Å². The molecule has 0 radical (unpaired) electrons. The zero-order valence-corrected chi connectivity index (χ0v) is 29.0. The molecule has 5 aromatic rings. The fraction of sp³-hybridized carbons (Fsp3) is 0.312. The second-order valence-electron chi connectivity index (χ2n) is 12.7. The summed E-state index contributed by atoms with van der Waals surface area (Å²) in [6.45, 7) is -1.06. The Labute approximate surface area is 300 Å². The zero-order chi connectivity index (χ0) is 37.7. The monoisotopic (exact) mass is 789 g/mol. The van der Waals surface area contributed by atoms with Gasteiger partial charge >= 0.3 is 6.18 Å². The molecule has 52 heavy (non-hydrogen) atoms. The maximum Gasteiger partial charge on any atom is 0.435 e. The number of benzene rings is 2. The number of nitrogens with zero attached hydrogens (tertiary/aromatic N) is 5. The maximum absolute atomic E-state index is 15.2. The summed E-state index contributed by atoms with van der Waals surface area (Å²) in [7, 11) is -2.31. The Hall–Kier alpha value is -4.42. The summed E-state index contributed by atoms with van der Waals surface area (Å²) in [5, 5.41) is 10.4. The lowest BCUT2D eigenvalue weighted by Gasteiger charge is -2.23. The van der Waals surface area contributed by atoms with E-state index in [-0.39, 0.29) is 51.0 Å². The molecule has 274 valence electrons. The van der Waals surface area contributed by atoms with Crippen LogP contribution in [0.15, 0.2) is 42.5 Å². The van der Waals surface area contributed by atoms with Gasteiger partial charge in [0, 0.05) is 35.7 Å². The summed E-state index contributed by atoms with van der Waals surface area (Å²) >= 11 is 12.8. The first-order valence-electron chi connectivity index (χ1n) is 15.3. The van der Waals surface area contributed by atoms with E-state index in [0.29, 0.717) is 21.8 Å². The Kier molecular flexibility index (Phi) is 8.53. The average Bonchev–Trinajstić information content (AvgIpc) is 3.55. The van der Waals surface area contributed by atoms with Crippen molar-refractivity contribution in [2.45, 2.75) is 43.4 Å². The molecular weight excluding hydrogens is 766 g/mol. The molecule has 0 saturated heterocycles. The molecule has 7 rings (SSSR count). The number of hydrogen-bond acceptors (Lipinski definition) is 6. The summed E-state index contributed by atoms with van der Waals surface area (Å²) in [5.74, 6) is -9.12. The van der Waals surface area contributed by atoms with Crippen molar-refractivity contribution in [3.05, 3.63) is 92.5 Å². The van der Waals surface area contributed by atoms with Gasteiger partial charge < -0.3 is 5.32 Å². The Balaban J connectivity index is 1.33. The van der Waals surface area contributed by atoms with E-state index in [4.69, 9.17) is 23.2 Å². The molecule has 0 aliphatic heterocycles. The van der Waals surface area contributed by atoms with Gasteiger partial charge in [-0.15, -0.1) is 0 Å². The van der Waals surface area contributed by atoms with Gasteiger partial charge in [-0.05, 0) is 54.7 Å². The number of rotatable bonds is 9. The number of pyridine rings is 1. The molecule has 1 saturated carbocycles. The summed E-state index contributed by atoms with van der Waals surface area (Å²) < 4.78 is 129. The number of carbonyl (C=O) groups is 1. The number of amides is 1. The van der Waals surface area contributed by atoms with Gasteiger partial charge in [-0.25, -0.2) is 22.2 Å². The van der Waals surface area contributed by atoms with Crippen molar-refractivity contribution >= 4 is 55.9 Å². The Morgan fingerprint density at radius 3 is 2.38 bits per heavy atom. The number of fused-ring (bicyclic) bond motifs is 4. The second kappa shape index (κ2) is 12.3. The van der Waals surface area contributed by atoms with E-state index >= 15 is 8.78 Å². The van der Waals surface area contributed by atoms with Crippen LogP contribution < -0.4 is 10.0 Å². The minimum Gasteiger partial charge on any atom is -0.346 e. The van der Waals surface area contributed by atoms with Crippen LogP contribution in [0.1, 0.15) is 46.6 Å². The van der Waals surface area contributed by atoms with Crippen molar-refractivity contribution in [1.82, 2.24) is 29.9 Å². The van der Waals surface area contributed by atoms with Gasteiger partial charge in [0.05, 0.1) is 33.9 Å². The van der Waals surface area contributed by atoms with Crippen molar-refractivity contribution in [3.8, 4) is 11.1 Å². The van der Waals surface area contributed by atoms with E-state index < -0.39 is 81.0 Å². The van der Waals surface area contributed by atoms with Crippen LogP contribution in [0.2, 0.25) is 10.2 Å². The van der Waals surface area contributed by atoms with Gasteiger partial charge in [0.15, 0.2) is 11.5 Å². The number of aromatic nitrogens is 5. The number of sulfonamides is 1. The van der Waals surface area contributed by atoms with Crippen LogP contribution in [0.3, 0.4) is 0 Å². The quantitative estimate of drug-likeness (QED) is 0.121. The third kappa shape index (κ3) is 6.44. The van der Waals surface area contributed by atoms with Crippen LogP contribution in [-0.4, -0.2) is 45.1 Å². The highest BCUT2D eigenvalue weighted by atomic mass is 35.5. The van der Waals surface area contributed by atoms with Gasteiger partial charge in [0.1, 0.15) is 29.0 Å². The molecule has 3 atom stereocenters. The van der Waals surface area contributed by atoms with Crippen molar-refractivity contribution in [2.75, 3.05) is 11.0 Å². The van der Waals surface area contributed by atoms with Gasteiger partial charge in [-0.2, -0.15) is 32.1 Å². The van der Waals surface area contributed by atoms with Crippen LogP contribution >= 0.6 is 23.2 Å². The van der Waals surface area contributed by atoms with Gasteiger partial charge in [-0.3, -0.25) is 18.9 Å². The SMILES string of the molecule is Cn1nc(NS(C)(=O)=O)c2c(Cl)ccc(-c3ccc(Cl)nc3[C@H](Cc3cc(F)cc(F)c3)NC(=O)Cn3nc(C(F)(F)F)c4c3C(F)(F)C3C[C@H]43)c21. The van der Waals surface area contributed by atoms with E-state index in [1.807, 2.05) is 0 Å². The molecule has 1 fully saturated rings. The van der Waals surface area contributed by atoms with Crippen molar-refractivity contribution in [3.63, 3.8) is 0 Å². The molecule has 3 heterocycles. The standard InChI is InChI=1S/C32H24Cl2F7N7O3S/c1-47-27-17(3-5-20(33)25(27)30(45-47)46-52(2,50)51)16-4-6-22(34)43-26(16)21(9-13-7-14(35)10-15(36)8-13)42-23(49)12-48-29-24(28(44-48)32(39,40)41)18-11-19(18)31(29,37)38/h3-8,10,18-19,21H,9,11-12H2,1-2H3,(H,42,49)(H,45,46)/t18-,19?,21-/m0/s1. The first-order chi connectivity index (χ1) is 24.2. The summed E-state index contributed by atoms with van der Waals surface area (Å²) in [4.78, 5) is 18.1. The highest BCUT2D eigenvalue weighted by Gasteiger charge is 2.68. The first-order valence-corrected chi connectivity index (χ1v) is 18.0. The molecule has 1 unspecified atom stereocenters. The molecule has 1 amide bonds. The van der Waals surface area contributed by atoms with Gasteiger partial charge in [-0.1, -0.05) is 29.3 Å². The Morgan fingerprint density at radius 2 is 1.73 bits per heavy atom. The van der Waals surface area contributed by atoms with Crippen LogP contribution in [0, 0.1) is 17.6 Å². The van der Waals surface area contributed by atoms with Crippen LogP contribution in [0.4, 0.5) is 36.6 Å². The predicted molar refractivity (Wildman–Crippen MR) is 175 cm³/mol. The van der Waals surface area contributed by atoms with E-state index in [9.17, 15) is 35.2 Å². The normalized spacial score (nSPS) is 18.3. The second-order valence-corrected chi connectivity index (χ2v) is 15.2. The third-order valence-electron chi connectivity index (χ3n) is 8.92. The molecular formula is C32H24Cl2F7N7O3S. The van der Waals surface area contributed by atoms with Crippen LogP contribution in [-0.2, 0) is 46.9 Å². The molecule has 3 aromatic heterocycles. The summed E-state index contributed by atoms with van der Waals surface area (Å²) in [6, 6.07) is 7.14.